The third-order valence-corrected chi connectivity index (χ3v) is 4.99. The number of carbonyl (C=O) groups is 1. The zero-order valence-electron chi connectivity index (χ0n) is 14.9. The average molecular weight is 349 g/mol. The van der Waals surface area contributed by atoms with Crippen LogP contribution in [-0.4, -0.2) is 33.0 Å². The van der Waals surface area contributed by atoms with E-state index in [1.165, 1.54) is 10.9 Å². The van der Waals surface area contributed by atoms with Gasteiger partial charge in [0.25, 0.3) is 0 Å². The molecule has 4 rings (SSSR count). The summed E-state index contributed by atoms with van der Waals surface area (Å²) in [5.41, 5.74) is 2.30. The van der Waals surface area contributed by atoms with E-state index in [1.54, 1.807) is 13.3 Å². The van der Waals surface area contributed by atoms with E-state index in [-0.39, 0.29) is 11.9 Å². The first-order chi connectivity index (χ1) is 12.7. The molecule has 0 aliphatic heterocycles. The molecule has 3 aromatic rings. The van der Waals surface area contributed by atoms with E-state index < -0.39 is 0 Å². The Labute approximate surface area is 152 Å². The number of aromatic nitrogens is 3. The number of fused-ring (bicyclic) bond motifs is 1. The van der Waals surface area contributed by atoms with Crippen molar-refractivity contribution in [1.29, 1.82) is 0 Å². The van der Waals surface area contributed by atoms with Gasteiger partial charge in [-0.15, -0.1) is 0 Å². The first kappa shape index (κ1) is 16.6. The molecule has 1 aliphatic carbocycles. The van der Waals surface area contributed by atoms with Crippen LogP contribution in [0.3, 0.4) is 0 Å². The number of hydrogen-bond donors (Lipinski definition) is 2. The second-order valence-corrected chi connectivity index (χ2v) is 6.89. The van der Waals surface area contributed by atoms with E-state index >= 15 is 0 Å². The fourth-order valence-electron chi connectivity index (χ4n) is 3.60. The Morgan fingerprint density at radius 1 is 1.23 bits per heavy atom. The minimum absolute atomic E-state index is 0.0380. The summed E-state index contributed by atoms with van der Waals surface area (Å²) in [6.07, 6.45) is 5.64. The maximum Gasteiger partial charge on any atom is 0.217 e. The largest absolute Gasteiger partial charge is 0.368 e. The van der Waals surface area contributed by atoms with Crippen LogP contribution in [-0.2, 0) is 11.3 Å². The third kappa shape index (κ3) is 3.54. The number of anilines is 1. The van der Waals surface area contributed by atoms with E-state index in [4.69, 9.17) is 0 Å². The minimum Gasteiger partial charge on any atom is -0.368 e. The van der Waals surface area contributed by atoms with Gasteiger partial charge in [-0.25, -0.2) is 9.97 Å². The molecule has 2 N–H and O–H groups in total. The summed E-state index contributed by atoms with van der Waals surface area (Å²) >= 11 is 0. The molecular formula is C20H23N5O. The molecule has 1 fully saturated rings. The highest BCUT2D eigenvalue weighted by molar-refractivity contribution is 5.79. The molecule has 0 spiro atoms. The van der Waals surface area contributed by atoms with Gasteiger partial charge in [-0.1, -0.05) is 18.2 Å². The maximum absolute atomic E-state index is 11.1. The predicted molar refractivity (Wildman–Crippen MR) is 102 cm³/mol. The monoisotopic (exact) mass is 349 g/mol. The van der Waals surface area contributed by atoms with Crippen molar-refractivity contribution in [2.24, 2.45) is 0 Å². The molecule has 1 saturated carbocycles. The van der Waals surface area contributed by atoms with E-state index in [1.807, 2.05) is 6.07 Å². The van der Waals surface area contributed by atoms with Gasteiger partial charge in [-0.3, -0.25) is 4.79 Å². The van der Waals surface area contributed by atoms with Crippen LogP contribution < -0.4 is 10.6 Å². The van der Waals surface area contributed by atoms with Gasteiger partial charge < -0.3 is 15.2 Å². The number of carbonyl (C=O) groups excluding carboxylic acids is 1. The van der Waals surface area contributed by atoms with Crippen LogP contribution in [0.4, 0.5) is 5.82 Å². The molecule has 1 aromatic carbocycles. The van der Waals surface area contributed by atoms with Crippen molar-refractivity contribution >= 4 is 22.6 Å². The quantitative estimate of drug-likeness (QED) is 0.718. The number of hydrogen-bond acceptors (Lipinski definition) is 4. The number of nitrogens with zero attached hydrogens (tertiary/aromatic N) is 3. The molecule has 1 amide bonds. The molecule has 1 aliphatic rings. The summed E-state index contributed by atoms with van der Waals surface area (Å²) in [5.74, 6) is 1.30. The molecule has 0 unspecified atom stereocenters. The molecule has 0 saturated heterocycles. The Balaban J connectivity index is 1.32. The Hall–Kier alpha value is -2.89. The summed E-state index contributed by atoms with van der Waals surface area (Å²) in [4.78, 5) is 19.8. The molecule has 0 atom stereocenters. The topological polar surface area (TPSA) is 71.8 Å². The second-order valence-electron chi connectivity index (χ2n) is 6.89. The van der Waals surface area contributed by atoms with Gasteiger partial charge in [0.2, 0.25) is 5.91 Å². The highest BCUT2D eigenvalue weighted by Gasteiger charge is 2.31. The summed E-state index contributed by atoms with van der Waals surface area (Å²) in [7, 11) is 0. The van der Waals surface area contributed by atoms with Crippen LogP contribution in [0.2, 0.25) is 0 Å². The lowest BCUT2D eigenvalue weighted by Gasteiger charge is -2.35. The van der Waals surface area contributed by atoms with Crippen molar-refractivity contribution in [3.8, 4) is 0 Å². The summed E-state index contributed by atoms with van der Waals surface area (Å²) in [6.45, 7) is 3.24. The Kier molecular flexibility index (Phi) is 4.56. The van der Waals surface area contributed by atoms with Crippen LogP contribution in [0.1, 0.15) is 31.4 Å². The smallest absolute Gasteiger partial charge is 0.217 e. The fourth-order valence-corrected chi connectivity index (χ4v) is 3.60. The standard InChI is InChI=1S/C20H23N5O/c1-14(26)24-17-10-16(11-17)18-12-20(23-13-22-18)21-7-9-25-8-6-15-4-2-3-5-19(15)25/h2-6,8,12-13,16-17H,7,9-11H2,1H3,(H,24,26)(H,21,22,23). The molecule has 0 radical (unpaired) electrons. The van der Waals surface area contributed by atoms with Crippen LogP contribution >= 0.6 is 0 Å². The number of benzene rings is 1. The minimum atomic E-state index is 0.0380. The van der Waals surface area contributed by atoms with E-state index in [2.05, 4.69) is 61.7 Å². The predicted octanol–water partition coefficient (Wildman–Crippen LogP) is 2.93. The van der Waals surface area contributed by atoms with Crippen LogP contribution in [0.15, 0.2) is 48.9 Å². The van der Waals surface area contributed by atoms with Gasteiger partial charge >= 0.3 is 0 Å². The van der Waals surface area contributed by atoms with Crippen LogP contribution in [0, 0.1) is 0 Å². The zero-order chi connectivity index (χ0) is 17.9. The fraction of sp³-hybridized carbons (Fsp3) is 0.350. The van der Waals surface area contributed by atoms with Gasteiger partial charge in [0.1, 0.15) is 12.1 Å². The molecule has 134 valence electrons. The lowest BCUT2D eigenvalue weighted by molar-refractivity contribution is -0.120. The molecule has 6 heteroatoms. The normalized spacial score (nSPS) is 19.1. The lowest BCUT2D eigenvalue weighted by atomic mass is 9.78. The maximum atomic E-state index is 11.1. The van der Waals surface area contributed by atoms with Crippen molar-refractivity contribution in [2.75, 3.05) is 11.9 Å². The number of rotatable bonds is 6. The third-order valence-electron chi connectivity index (χ3n) is 4.99. The van der Waals surface area contributed by atoms with Crippen LogP contribution in [0.25, 0.3) is 10.9 Å². The highest BCUT2D eigenvalue weighted by atomic mass is 16.1. The first-order valence-corrected chi connectivity index (χ1v) is 9.06. The number of nitrogens with one attached hydrogen (secondary N) is 2. The number of para-hydroxylation sites is 1. The van der Waals surface area contributed by atoms with E-state index in [9.17, 15) is 4.79 Å². The summed E-state index contributed by atoms with van der Waals surface area (Å²) in [6, 6.07) is 12.8. The Bertz CT molecular complexity index is 913. The highest BCUT2D eigenvalue weighted by Crippen LogP contribution is 2.36. The number of amides is 1. The second kappa shape index (κ2) is 7.15. The van der Waals surface area contributed by atoms with Crippen molar-refractivity contribution in [3.63, 3.8) is 0 Å². The van der Waals surface area contributed by atoms with Crippen molar-refractivity contribution in [2.45, 2.75) is 38.3 Å². The molecule has 6 nitrogen and oxygen atoms in total. The van der Waals surface area contributed by atoms with Crippen molar-refractivity contribution in [3.05, 3.63) is 54.6 Å². The Morgan fingerprint density at radius 2 is 2.08 bits per heavy atom. The van der Waals surface area contributed by atoms with E-state index in [0.29, 0.717) is 5.92 Å². The van der Waals surface area contributed by atoms with Crippen molar-refractivity contribution in [1.82, 2.24) is 19.9 Å². The van der Waals surface area contributed by atoms with Gasteiger partial charge in [-0.05, 0) is 30.4 Å². The molecule has 26 heavy (non-hydrogen) atoms. The SMILES string of the molecule is CC(=O)NC1CC(c2cc(NCCn3ccc4ccccc43)ncn2)C1. The molecule has 2 aromatic heterocycles. The van der Waals surface area contributed by atoms with Crippen LogP contribution in [0.5, 0.6) is 0 Å². The van der Waals surface area contributed by atoms with E-state index in [0.717, 1.165) is 37.4 Å². The summed E-state index contributed by atoms with van der Waals surface area (Å²) in [5, 5.41) is 7.61. The molecule has 0 bridgehead atoms. The first-order valence-electron chi connectivity index (χ1n) is 9.06. The average Bonchev–Trinajstić information content (AvgIpc) is 3.01. The summed E-state index contributed by atoms with van der Waals surface area (Å²) < 4.78 is 2.24. The zero-order valence-corrected chi connectivity index (χ0v) is 14.9. The molecular weight excluding hydrogens is 326 g/mol. The Morgan fingerprint density at radius 3 is 2.92 bits per heavy atom. The van der Waals surface area contributed by atoms with Gasteiger partial charge in [0, 0.05) is 55.4 Å². The van der Waals surface area contributed by atoms with Crippen molar-refractivity contribution < 1.29 is 4.79 Å². The lowest BCUT2D eigenvalue weighted by Crippen LogP contribution is -2.42. The van der Waals surface area contributed by atoms with Gasteiger partial charge in [-0.2, -0.15) is 0 Å². The van der Waals surface area contributed by atoms with Gasteiger partial charge in [0.05, 0.1) is 0 Å². The van der Waals surface area contributed by atoms with Gasteiger partial charge in [0.15, 0.2) is 0 Å². The molecule has 2 heterocycles.